The fourth-order valence-corrected chi connectivity index (χ4v) is 3.63. The molecular formula is C22H21N. The number of rotatable bonds is 3. The summed E-state index contributed by atoms with van der Waals surface area (Å²) in [6.45, 7) is 0. The maximum absolute atomic E-state index is 3.79. The molecule has 1 N–H and O–H groups in total. The molecule has 0 aliphatic carbocycles. The molecular weight excluding hydrogens is 278 g/mol. The van der Waals surface area contributed by atoms with Crippen molar-refractivity contribution in [3.8, 4) is 0 Å². The molecule has 0 radical (unpaired) electrons. The lowest BCUT2D eigenvalue weighted by molar-refractivity contribution is 0.539. The second-order valence-corrected chi connectivity index (χ2v) is 6.32. The molecule has 0 aromatic heterocycles. The van der Waals surface area contributed by atoms with Crippen LogP contribution in [0.4, 0.5) is 5.69 Å². The van der Waals surface area contributed by atoms with E-state index >= 15 is 0 Å². The number of nitrogens with one attached hydrogen (secondary N) is 1. The highest BCUT2D eigenvalue weighted by Gasteiger charge is 2.29. The van der Waals surface area contributed by atoms with Crippen LogP contribution >= 0.6 is 0 Å². The van der Waals surface area contributed by atoms with Crippen LogP contribution in [0.15, 0.2) is 84.9 Å². The molecule has 0 bridgehead atoms. The summed E-state index contributed by atoms with van der Waals surface area (Å²) in [6.07, 6.45) is 2.15. The van der Waals surface area contributed by atoms with Crippen LogP contribution in [0.3, 0.4) is 0 Å². The van der Waals surface area contributed by atoms with Crippen LogP contribution in [-0.2, 0) is 12.8 Å². The molecule has 2 atom stereocenters. The number of hydrogen-bond donors (Lipinski definition) is 1. The van der Waals surface area contributed by atoms with Crippen molar-refractivity contribution in [2.24, 2.45) is 0 Å². The van der Waals surface area contributed by atoms with Gasteiger partial charge in [-0.15, -0.1) is 0 Å². The molecule has 0 unspecified atom stereocenters. The standard InChI is InChI=1S/C22H21N/c1-3-9-17(10-4-1)15-22-20(18-11-5-2-6-12-18)16-19-13-7-8-14-21(19)23-22/h1-14,20,22-23H,15-16H2/t20-,22-/m1/s1. The first kappa shape index (κ1) is 14.1. The summed E-state index contributed by atoms with van der Waals surface area (Å²) in [4.78, 5) is 0. The van der Waals surface area contributed by atoms with Crippen molar-refractivity contribution in [1.82, 2.24) is 0 Å². The summed E-state index contributed by atoms with van der Waals surface area (Å²) >= 11 is 0. The maximum atomic E-state index is 3.79. The van der Waals surface area contributed by atoms with Gasteiger partial charge in [-0.05, 0) is 35.6 Å². The van der Waals surface area contributed by atoms with Gasteiger partial charge in [0.05, 0.1) is 0 Å². The molecule has 0 spiro atoms. The normalized spacial score (nSPS) is 19.7. The van der Waals surface area contributed by atoms with E-state index in [1.165, 1.54) is 22.4 Å². The minimum Gasteiger partial charge on any atom is -0.381 e. The Morgan fingerprint density at radius 1 is 0.739 bits per heavy atom. The molecule has 0 amide bonds. The van der Waals surface area contributed by atoms with Gasteiger partial charge in [0.1, 0.15) is 0 Å². The fourth-order valence-electron chi connectivity index (χ4n) is 3.63. The predicted molar refractivity (Wildman–Crippen MR) is 96.9 cm³/mol. The van der Waals surface area contributed by atoms with Gasteiger partial charge in [0, 0.05) is 17.6 Å². The molecule has 1 aliphatic rings. The molecule has 3 aromatic carbocycles. The Labute approximate surface area is 138 Å². The molecule has 0 fully saturated rings. The van der Waals surface area contributed by atoms with Crippen molar-refractivity contribution in [3.05, 3.63) is 102 Å². The maximum Gasteiger partial charge on any atom is 0.0375 e. The Bertz CT molecular complexity index is 764. The highest BCUT2D eigenvalue weighted by Crippen LogP contribution is 2.35. The van der Waals surface area contributed by atoms with E-state index in [1.54, 1.807) is 0 Å². The molecule has 1 heteroatoms. The van der Waals surface area contributed by atoms with Crippen LogP contribution in [0.5, 0.6) is 0 Å². The lowest BCUT2D eigenvalue weighted by atomic mass is 9.80. The SMILES string of the molecule is c1ccc(C[C@H]2Nc3ccccc3C[C@@H]2c2ccccc2)cc1. The highest BCUT2D eigenvalue weighted by molar-refractivity contribution is 5.56. The lowest BCUT2D eigenvalue weighted by Crippen LogP contribution is -2.35. The van der Waals surface area contributed by atoms with Crippen molar-refractivity contribution in [2.45, 2.75) is 24.8 Å². The molecule has 114 valence electrons. The van der Waals surface area contributed by atoms with Crippen molar-refractivity contribution >= 4 is 5.69 Å². The van der Waals surface area contributed by atoms with Crippen LogP contribution < -0.4 is 5.32 Å². The Kier molecular flexibility index (Phi) is 3.85. The van der Waals surface area contributed by atoms with Crippen molar-refractivity contribution in [3.63, 3.8) is 0 Å². The van der Waals surface area contributed by atoms with E-state index in [0.717, 1.165) is 12.8 Å². The van der Waals surface area contributed by atoms with Gasteiger partial charge in [0.15, 0.2) is 0 Å². The summed E-state index contributed by atoms with van der Waals surface area (Å²) in [5.41, 5.74) is 5.53. The number of benzene rings is 3. The molecule has 0 saturated heterocycles. The van der Waals surface area contributed by atoms with Gasteiger partial charge in [-0.3, -0.25) is 0 Å². The van der Waals surface area contributed by atoms with Crippen molar-refractivity contribution in [2.75, 3.05) is 5.32 Å². The Hall–Kier alpha value is -2.54. The van der Waals surface area contributed by atoms with E-state index in [-0.39, 0.29) is 0 Å². The van der Waals surface area contributed by atoms with Crippen LogP contribution in [0, 0.1) is 0 Å². The fraction of sp³-hybridized carbons (Fsp3) is 0.182. The Balaban J connectivity index is 1.68. The van der Waals surface area contributed by atoms with Gasteiger partial charge in [-0.25, -0.2) is 0 Å². The van der Waals surface area contributed by atoms with E-state index in [2.05, 4.69) is 90.2 Å². The average molecular weight is 299 g/mol. The van der Waals surface area contributed by atoms with E-state index in [0.29, 0.717) is 12.0 Å². The summed E-state index contributed by atoms with van der Waals surface area (Å²) in [7, 11) is 0. The molecule has 3 aromatic rings. The van der Waals surface area contributed by atoms with Gasteiger partial charge < -0.3 is 5.32 Å². The quantitative estimate of drug-likeness (QED) is 0.713. The number of hydrogen-bond acceptors (Lipinski definition) is 1. The second kappa shape index (κ2) is 6.29. The molecule has 1 nitrogen and oxygen atoms in total. The van der Waals surface area contributed by atoms with Crippen LogP contribution in [-0.4, -0.2) is 6.04 Å². The molecule has 1 heterocycles. The highest BCUT2D eigenvalue weighted by atomic mass is 14.9. The number of anilines is 1. The van der Waals surface area contributed by atoms with E-state index in [9.17, 15) is 0 Å². The molecule has 4 rings (SSSR count). The average Bonchev–Trinajstić information content (AvgIpc) is 2.63. The third-order valence-electron chi connectivity index (χ3n) is 4.81. The summed E-state index contributed by atoms with van der Waals surface area (Å²) in [5, 5.41) is 3.79. The number of para-hydroxylation sites is 1. The minimum absolute atomic E-state index is 0.426. The smallest absolute Gasteiger partial charge is 0.0375 e. The van der Waals surface area contributed by atoms with Gasteiger partial charge >= 0.3 is 0 Å². The Morgan fingerprint density at radius 3 is 2.17 bits per heavy atom. The van der Waals surface area contributed by atoms with Crippen LogP contribution in [0.2, 0.25) is 0 Å². The third kappa shape index (κ3) is 3.00. The van der Waals surface area contributed by atoms with E-state index in [4.69, 9.17) is 0 Å². The minimum atomic E-state index is 0.426. The Morgan fingerprint density at radius 2 is 1.39 bits per heavy atom. The topological polar surface area (TPSA) is 12.0 Å². The molecule has 1 aliphatic heterocycles. The van der Waals surface area contributed by atoms with Crippen molar-refractivity contribution in [1.29, 1.82) is 0 Å². The second-order valence-electron chi connectivity index (χ2n) is 6.32. The zero-order chi connectivity index (χ0) is 15.5. The largest absolute Gasteiger partial charge is 0.381 e. The summed E-state index contributed by atoms with van der Waals surface area (Å²) < 4.78 is 0. The monoisotopic (exact) mass is 299 g/mol. The van der Waals surface area contributed by atoms with Crippen LogP contribution in [0.25, 0.3) is 0 Å². The van der Waals surface area contributed by atoms with E-state index in [1.807, 2.05) is 0 Å². The predicted octanol–water partition coefficient (Wildman–Crippen LogP) is 5.05. The summed E-state index contributed by atoms with van der Waals surface area (Å²) in [6, 6.07) is 30.8. The zero-order valence-electron chi connectivity index (χ0n) is 13.2. The van der Waals surface area contributed by atoms with Crippen LogP contribution in [0.1, 0.15) is 22.6 Å². The first-order valence-corrected chi connectivity index (χ1v) is 8.33. The first-order chi connectivity index (χ1) is 11.4. The third-order valence-corrected chi connectivity index (χ3v) is 4.81. The molecule has 23 heavy (non-hydrogen) atoms. The van der Waals surface area contributed by atoms with Gasteiger partial charge in [-0.1, -0.05) is 78.9 Å². The van der Waals surface area contributed by atoms with Gasteiger partial charge in [0.2, 0.25) is 0 Å². The van der Waals surface area contributed by atoms with Crippen molar-refractivity contribution < 1.29 is 0 Å². The first-order valence-electron chi connectivity index (χ1n) is 8.33. The van der Waals surface area contributed by atoms with Gasteiger partial charge in [-0.2, -0.15) is 0 Å². The molecule has 0 saturated carbocycles. The zero-order valence-corrected chi connectivity index (χ0v) is 13.2. The van der Waals surface area contributed by atoms with E-state index < -0.39 is 0 Å². The number of fused-ring (bicyclic) bond motifs is 1. The van der Waals surface area contributed by atoms with Gasteiger partial charge in [0.25, 0.3) is 0 Å². The summed E-state index contributed by atoms with van der Waals surface area (Å²) in [5.74, 6) is 0.506. The lowest BCUT2D eigenvalue weighted by Gasteiger charge is -2.35.